The average molecular weight is 484 g/mol. The van der Waals surface area contributed by atoms with Crippen LogP contribution in [0.4, 0.5) is 11.6 Å². The molecule has 2 amide bonds. The lowest BCUT2D eigenvalue weighted by atomic mass is 10.1. The van der Waals surface area contributed by atoms with Crippen LogP contribution in [0.3, 0.4) is 0 Å². The molecular formula is C25H25N9O2. The first kappa shape index (κ1) is 23.1. The molecule has 4 N–H and O–H groups in total. The number of carbonyl (C=O) groups is 2. The van der Waals surface area contributed by atoms with Gasteiger partial charge in [0.1, 0.15) is 23.7 Å². The van der Waals surface area contributed by atoms with Crippen LogP contribution in [0.1, 0.15) is 29.2 Å². The van der Waals surface area contributed by atoms with Gasteiger partial charge in [-0.05, 0) is 43.2 Å². The van der Waals surface area contributed by atoms with E-state index in [4.69, 9.17) is 10.8 Å². The number of pyridine rings is 1. The Hall–Kier alpha value is -4.64. The predicted molar refractivity (Wildman–Crippen MR) is 136 cm³/mol. The highest BCUT2D eigenvalue weighted by Gasteiger charge is 2.27. The van der Waals surface area contributed by atoms with E-state index in [1.165, 1.54) is 12.4 Å². The first-order chi connectivity index (χ1) is 17.5. The molecule has 1 aliphatic heterocycles. The number of hydrazine groups is 1. The summed E-state index contributed by atoms with van der Waals surface area (Å²) >= 11 is 0. The number of nitrogens with one attached hydrogen (secondary N) is 2. The van der Waals surface area contributed by atoms with Crippen molar-refractivity contribution < 1.29 is 9.59 Å². The molecule has 0 spiro atoms. The maximum Gasteiger partial charge on any atom is 0.257 e. The van der Waals surface area contributed by atoms with Crippen molar-refractivity contribution in [3.8, 4) is 11.3 Å². The van der Waals surface area contributed by atoms with Crippen molar-refractivity contribution in [3.63, 3.8) is 0 Å². The number of nitrogen functional groups attached to an aromatic ring is 1. The van der Waals surface area contributed by atoms with E-state index in [-0.39, 0.29) is 17.9 Å². The van der Waals surface area contributed by atoms with Gasteiger partial charge in [0.2, 0.25) is 0 Å². The monoisotopic (exact) mass is 483 g/mol. The van der Waals surface area contributed by atoms with Crippen LogP contribution >= 0.6 is 0 Å². The fourth-order valence-electron chi connectivity index (χ4n) is 4.31. The van der Waals surface area contributed by atoms with E-state index in [1.807, 2.05) is 21.8 Å². The molecule has 11 heteroatoms. The van der Waals surface area contributed by atoms with Crippen LogP contribution < -0.4 is 16.5 Å². The Bertz CT molecular complexity index is 1420. The normalized spacial score (nSPS) is 15.9. The highest BCUT2D eigenvalue weighted by Crippen LogP contribution is 2.33. The fourth-order valence-corrected chi connectivity index (χ4v) is 4.31. The molecule has 1 aromatic carbocycles. The number of amides is 2. The number of benzene rings is 1. The van der Waals surface area contributed by atoms with Gasteiger partial charge in [0.05, 0.1) is 11.4 Å². The second-order valence-electron chi connectivity index (χ2n) is 8.42. The molecule has 182 valence electrons. The van der Waals surface area contributed by atoms with Crippen molar-refractivity contribution in [2.24, 2.45) is 0 Å². The molecule has 36 heavy (non-hydrogen) atoms. The molecule has 5 rings (SSSR count). The Morgan fingerprint density at radius 1 is 1.11 bits per heavy atom. The largest absolute Gasteiger partial charge is 0.383 e. The molecule has 0 radical (unpaired) electrons. The third-order valence-electron chi connectivity index (χ3n) is 6.04. The Labute approximate surface area is 207 Å². The first-order valence-electron chi connectivity index (χ1n) is 11.5. The number of rotatable bonds is 6. The van der Waals surface area contributed by atoms with Crippen LogP contribution in [-0.4, -0.2) is 54.6 Å². The van der Waals surface area contributed by atoms with Crippen LogP contribution in [0, 0.1) is 0 Å². The lowest BCUT2D eigenvalue weighted by Gasteiger charge is -2.32. The Balaban J connectivity index is 1.44. The van der Waals surface area contributed by atoms with E-state index in [9.17, 15) is 9.59 Å². The number of anilines is 2. The number of hydrogen-bond acceptors (Lipinski definition) is 8. The molecule has 4 aromatic rings. The zero-order chi connectivity index (χ0) is 25.1. The summed E-state index contributed by atoms with van der Waals surface area (Å²) in [5.41, 5.74) is 11.6. The molecule has 3 aromatic heterocycles. The number of piperidine rings is 1. The van der Waals surface area contributed by atoms with Crippen molar-refractivity contribution in [1.82, 2.24) is 35.2 Å². The van der Waals surface area contributed by atoms with Crippen molar-refractivity contribution >= 4 is 34.5 Å². The first-order valence-corrected chi connectivity index (χ1v) is 11.5. The van der Waals surface area contributed by atoms with Crippen LogP contribution in [-0.2, 0) is 4.79 Å². The molecule has 11 nitrogen and oxygen atoms in total. The minimum atomic E-state index is -0.262. The lowest BCUT2D eigenvalue weighted by Crippen LogP contribution is -2.47. The van der Waals surface area contributed by atoms with E-state index in [0.717, 1.165) is 24.9 Å². The summed E-state index contributed by atoms with van der Waals surface area (Å²) in [6.07, 6.45) is 6.03. The summed E-state index contributed by atoms with van der Waals surface area (Å²) in [4.78, 5) is 37.2. The summed E-state index contributed by atoms with van der Waals surface area (Å²) in [6.45, 7) is 4.81. The highest BCUT2D eigenvalue weighted by atomic mass is 16.2. The minimum absolute atomic E-state index is 0.0298. The second kappa shape index (κ2) is 9.92. The van der Waals surface area contributed by atoms with E-state index in [1.54, 1.807) is 36.5 Å². The van der Waals surface area contributed by atoms with Gasteiger partial charge in [0.15, 0.2) is 5.65 Å². The summed E-state index contributed by atoms with van der Waals surface area (Å²) in [5, 5.41) is 10.2. The van der Waals surface area contributed by atoms with Gasteiger partial charge in [-0.3, -0.25) is 15.0 Å². The van der Waals surface area contributed by atoms with Gasteiger partial charge in [-0.25, -0.2) is 24.6 Å². The van der Waals surface area contributed by atoms with Gasteiger partial charge >= 0.3 is 0 Å². The molecule has 1 aliphatic rings. The Kier molecular flexibility index (Phi) is 6.37. The standard InChI is InChI=1S/C25H25N9O2/c1-2-20(35)31-33-13-5-6-18(14-33)34-24-21(23(26)28-15-29-24)22(32-34)16-8-10-17(11-9-16)25(36)30-19-7-3-4-12-27-19/h2-4,7-12,15,18H,1,5-6,13-14H2,(H,31,35)(H2,26,28,29)(H,27,30,36). The smallest absolute Gasteiger partial charge is 0.257 e. The van der Waals surface area contributed by atoms with Gasteiger partial charge in [0, 0.05) is 30.4 Å². The molecular weight excluding hydrogens is 458 g/mol. The summed E-state index contributed by atoms with van der Waals surface area (Å²) in [6, 6.07) is 12.4. The maximum atomic E-state index is 12.6. The zero-order valence-electron chi connectivity index (χ0n) is 19.5. The third-order valence-corrected chi connectivity index (χ3v) is 6.04. The molecule has 0 aliphatic carbocycles. The van der Waals surface area contributed by atoms with Crippen molar-refractivity contribution in [3.05, 3.63) is 73.2 Å². The number of aromatic nitrogens is 5. The number of nitrogens with two attached hydrogens (primary N) is 1. The second-order valence-corrected chi connectivity index (χ2v) is 8.42. The SMILES string of the molecule is C=CC(=O)NN1CCCC(n2nc(-c3ccc(C(=O)Nc4ccccn4)cc3)c3c(N)ncnc32)C1. The number of fused-ring (bicyclic) bond motifs is 1. The highest BCUT2D eigenvalue weighted by molar-refractivity contribution is 6.04. The summed E-state index contributed by atoms with van der Waals surface area (Å²) in [5.74, 6) is 0.292. The van der Waals surface area contributed by atoms with E-state index < -0.39 is 0 Å². The number of hydrogen-bond donors (Lipinski definition) is 3. The van der Waals surface area contributed by atoms with Gasteiger partial charge in [-0.1, -0.05) is 24.8 Å². The van der Waals surface area contributed by atoms with Crippen LogP contribution in [0.5, 0.6) is 0 Å². The predicted octanol–water partition coefficient (Wildman–Crippen LogP) is 2.58. The van der Waals surface area contributed by atoms with Gasteiger partial charge in [-0.2, -0.15) is 5.10 Å². The quantitative estimate of drug-likeness (QED) is 0.355. The van der Waals surface area contributed by atoms with Gasteiger partial charge in [0.25, 0.3) is 11.8 Å². The molecule has 0 bridgehead atoms. The minimum Gasteiger partial charge on any atom is -0.383 e. The lowest BCUT2D eigenvalue weighted by molar-refractivity contribution is -0.121. The topological polar surface area (TPSA) is 144 Å². The molecule has 1 saturated heterocycles. The maximum absolute atomic E-state index is 12.6. The van der Waals surface area contributed by atoms with Crippen molar-refractivity contribution in [1.29, 1.82) is 0 Å². The summed E-state index contributed by atoms with van der Waals surface area (Å²) in [7, 11) is 0. The molecule has 1 atom stereocenters. The average Bonchev–Trinajstić information content (AvgIpc) is 3.30. The number of carbonyl (C=O) groups excluding carboxylic acids is 2. The zero-order valence-corrected chi connectivity index (χ0v) is 19.5. The van der Waals surface area contributed by atoms with E-state index in [0.29, 0.717) is 40.5 Å². The van der Waals surface area contributed by atoms with E-state index in [2.05, 4.69) is 32.3 Å². The number of nitrogens with zero attached hydrogens (tertiary/aromatic N) is 6. The van der Waals surface area contributed by atoms with Crippen LogP contribution in [0.25, 0.3) is 22.3 Å². The summed E-state index contributed by atoms with van der Waals surface area (Å²) < 4.78 is 1.86. The molecule has 0 saturated carbocycles. The Morgan fingerprint density at radius 3 is 2.69 bits per heavy atom. The third kappa shape index (κ3) is 4.64. The van der Waals surface area contributed by atoms with Crippen LogP contribution in [0.2, 0.25) is 0 Å². The molecule has 1 fully saturated rings. The van der Waals surface area contributed by atoms with Gasteiger partial charge < -0.3 is 11.1 Å². The van der Waals surface area contributed by atoms with E-state index >= 15 is 0 Å². The Morgan fingerprint density at radius 2 is 1.94 bits per heavy atom. The molecule has 4 heterocycles. The fraction of sp³-hybridized carbons (Fsp3) is 0.200. The van der Waals surface area contributed by atoms with Crippen molar-refractivity contribution in [2.75, 3.05) is 24.1 Å². The van der Waals surface area contributed by atoms with Crippen molar-refractivity contribution in [2.45, 2.75) is 18.9 Å². The van der Waals surface area contributed by atoms with Crippen LogP contribution in [0.15, 0.2) is 67.6 Å². The van der Waals surface area contributed by atoms with Gasteiger partial charge in [-0.15, -0.1) is 0 Å². The molecule has 1 unspecified atom stereocenters.